The summed E-state index contributed by atoms with van der Waals surface area (Å²) in [4.78, 5) is 13.9. The van der Waals surface area contributed by atoms with E-state index in [1.165, 1.54) is 5.56 Å². The molecule has 0 atom stereocenters. The molecule has 0 bridgehead atoms. The molecule has 0 aliphatic carbocycles. The first-order valence-corrected chi connectivity index (χ1v) is 7.96. The van der Waals surface area contributed by atoms with E-state index in [-0.39, 0.29) is 12.5 Å². The first-order chi connectivity index (χ1) is 10.1. The third kappa shape index (κ3) is 4.67. The molecule has 1 heterocycles. The third-order valence-electron chi connectivity index (χ3n) is 2.81. The van der Waals surface area contributed by atoms with Gasteiger partial charge >= 0.3 is 0 Å². The number of nitriles is 1. The lowest BCUT2D eigenvalue weighted by atomic mass is 10.2. The van der Waals surface area contributed by atoms with Crippen molar-refractivity contribution in [2.75, 3.05) is 18.9 Å². The molecule has 0 fully saturated rings. The minimum absolute atomic E-state index is 0.130. The topological polar surface area (TPSA) is 56.1 Å². The Morgan fingerprint density at radius 2 is 2.24 bits per heavy atom. The van der Waals surface area contributed by atoms with Gasteiger partial charge in [0.2, 0.25) is 5.91 Å². The molecular weight excluding hydrogens is 350 g/mol. The van der Waals surface area contributed by atoms with Gasteiger partial charge in [-0.15, -0.1) is 11.3 Å². The van der Waals surface area contributed by atoms with Gasteiger partial charge in [0.15, 0.2) is 0 Å². The van der Waals surface area contributed by atoms with E-state index >= 15 is 0 Å². The zero-order chi connectivity index (χ0) is 15.2. The minimum atomic E-state index is -0.130. The van der Waals surface area contributed by atoms with Gasteiger partial charge in [-0.1, -0.05) is 12.1 Å². The van der Waals surface area contributed by atoms with Crippen LogP contribution in [0.5, 0.6) is 0 Å². The van der Waals surface area contributed by atoms with E-state index in [9.17, 15) is 4.79 Å². The molecule has 0 unspecified atom stereocenters. The van der Waals surface area contributed by atoms with Crippen molar-refractivity contribution >= 4 is 38.9 Å². The van der Waals surface area contributed by atoms with Gasteiger partial charge in [0, 0.05) is 6.54 Å². The summed E-state index contributed by atoms with van der Waals surface area (Å²) in [6.07, 6.45) is 0. The van der Waals surface area contributed by atoms with Crippen molar-refractivity contribution in [1.82, 2.24) is 4.90 Å². The molecule has 1 aromatic carbocycles. The number of rotatable bonds is 5. The fourth-order valence-electron chi connectivity index (χ4n) is 1.92. The molecule has 4 nitrogen and oxygen atoms in total. The first kappa shape index (κ1) is 15.7. The van der Waals surface area contributed by atoms with Crippen molar-refractivity contribution in [3.05, 3.63) is 50.6 Å². The van der Waals surface area contributed by atoms with E-state index in [0.717, 1.165) is 3.79 Å². The highest BCUT2D eigenvalue weighted by atomic mass is 79.9. The number of nitrogens with one attached hydrogen (secondary N) is 1. The molecular formula is C15H14BrN3OS. The summed E-state index contributed by atoms with van der Waals surface area (Å²) >= 11 is 5.05. The quantitative estimate of drug-likeness (QED) is 0.884. The highest BCUT2D eigenvalue weighted by Crippen LogP contribution is 2.21. The number of carbonyl (C=O) groups is 1. The van der Waals surface area contributed by atoms with E-state index < -0.39 is 0 Å². The minimum Gasteiger partial charge on any atom is -0.324 e. The number of benzene rings is 1. The van der Waals surface area contributed by atoms with Crippen LogP contribution in [0.25, 0.3) is 0 Å². The van der Waals surface area contributed by atoms with Crippen LogP contribution in [-0.4, -0.2) is 24.4 Å². The summed E-state index contributed by atoms with van der Waals surface area (Å²) in [5.41, 5.74) is 2.19. The van der Waals surface area contributed by atoms with Gasteiger partial charge in [0.25, 0.3) is 0 Å². The monoisotopic (exact) mass is 363 g/mol. The van der Waals surface area contributed by atoms with Crippen LogP contribution >= 0.6 is 27.3 Å². The normalized spacial score (nSPS) is 10.4. The Hall–Kier alpha value is -1.68. The Bertz CT molecular complexity index is 678. The molecule has 0 saturated carbocycles. The number of anilines is 1. The van der Waals surface area contributed by atoms with Crippen molar-refractivity contribution in [1.29, 1.82) is 5.26 Å². The Morgan fingerprint density at radius 1 is 1.48 bits per heavy atom. The SMILES string of the molecule is CN(CC(=O)Nc1ccccc1C#N)Cc1csc(Br)c1. The van der Waals surface area contributed by atoms with Crippen LogP contribution in [0.2, 0.25) is 0 Å². The van der Waals surface area contributed by atoms with E-state index in [1.807, 2.05) is 18.0 Å². The van der Waals surface area contributed by atoms with E-state index in [2.05, 4.69) is 32.7 Å². The fourth-order valence-corrected chi connectivity index (χ4v) is 3.12. The van der Waals surface area contributed by atoms with Gasteiger partial charge in [-0.2, -0.15) is 5.26 Å². The van der Waals surface area contributed by atoms with Crippen LogP contribution in [0.15, 0.2) is 39.5 Å². The van der Waals surface area contributed by atoms with Crippen molar-refractivity contribution in [3.8, 4) is 6.07 Å². The number of amides is 1. The predicted molar refractivity (Wildman–Crippen MR) is 88.1 cm³/mol. The molecule has 0 aliphatic rings. The number of hydrogen-bond acceptors (Lipinski definition) is 4. The maximum atomic E-state index is 12.0. The predicted octanol–water partition coefficient (Wildman–Crippen LogP) is 3.45. The average Bonchev–Trinajstić information content (AvgIpc) is 2.84. The third-order valence-corrected chi connectivity index (χ3v) is 4.36. The van der Waals surface area contributed by atoms with Crippen molar-refractivity contribution in [2.45, 2.75) is 6.54 Å². The number of halogens is 1. The number of thiophene rings is 1. The highest BCUT2D eigenvalue weighted by molar-refractivity contribution is 9.11. The van der Waals surface area contributed by atoms with Gasteiger partial charge in [-0.3, -0.25) is 9.69 Å². The summed E-state index contributed by atoms with van der Waals surface area (Å²) in [5.74, 6) is -0.130. The van der Waals surface area contributed by atoms with Crippen LogP contribution in [0.1, 0.15) is 11.1 Å². The molecule has 0 spiro atoms. The molecule has 6 heteroatoms. The Kier molecular flexibility index (Phi) is 5.51. The van der Waals surface area contributed by atoms with Crippen molar-refractivity contribution < 1.29 is 4.79 Å². The standard InChI is InChI=1S/C15H14BrN3OS/c1-19(8-11-6-14(16)21-10-11)9-15(20)18-13-5-3-2-4-12(13)7-17/h2-6,10H,8-9H2,1H3,(H,18,20). The summed E-state index contributed by atoms with van der Waals surface area (Å²) < 4.78 is 1.08. The molecule has 0 radical (unpaired) electrons. The number of hydrogen-bond donors (Lipinski definition) is 1. The Balaban J connectivity index is 1.91. The maximum Gasteiger partial charge on any atom is 0.238 e. The highest BCUT2D eigenvalue weighted by Gasteiger charge is 2.10. The Labute approximate surface area is 136 Å². The second-order valence-corrected chi connectivity index (χ2v) is 6.93. The van der Waals surface area contributed by atoms with Crippen LogP contribution in [0.3, 0.4) is 0 Å². The molecule has 2 aromatic rings. The molecule has 21 heavy (non-hydrogen) atoms. The van der Waals surface area contributed by atoms with Crippen LogP contribution in [-0.2, 0) is 11.3 Å². The largest absolute Gasteiger partial charge is 0.324 e. The lowest BCUT2D eigenvalue weighted by Crippen LogP contribution is -2.29. The number of nitrogens with zero attached hydrogens (tertiary/aromatic N) is 2. The first-order valence-electron chi connectivity index (χ1n) is 6.29. The number of para-hydroxylation sites is 1. The summed E-state index contributed by atoms with van der Waals surface area (Å²) in [5, 5.41) is 13.8. The van der Waals surface area contributed by atoms with E-state index in [1.54, 1.807) is 35.6 Å². The van der Waals surface area contributed by atoms with Crippen LogP contribution in [0.4, 0.5) is 5.69 Å². The van der Waals surface area contributed by atoms with Gasteiger partial charge in [-0.05, 0) is 52.1 Å². The smallest absolute Gasteiger partial charge is 0.238 e. The van der Waals surface area contributed by atoms with E-state index in [4.69, 9.17) is 5.26 Å². The maximum absolute atomic E-state index is 12.0. The zero-order valence-corrected chi connectivity index (χ0v) is 13.9. The average molecular weight is 364 g/mol. The molecule has 1 amide bonds. The summed E-state index contributed by atoms with van der Waals surface area (Å²) in [6, 6.07) is 11.1. The lowest BCUT2D eigenvalue weighted by Gasteiger charge is -2.15. The van der Waals surface area contributed by atoms with Gasteiger partial charge < -0.3 is 5.32 Å². The van der Waals surface area contributed by atoms with Crippen molar-refractivity contribution in [2.24, 2.45) is 0 Å². The zero-order valence-electron chi connectivity index (χ0n) is 11.5. The van der Waals surface area contributed by atoms with Gasteiger partial charge in [0.1, 0.15) is 6.07 Å². The Morgan fingerprint density at radius 3 is 2.90 bits per heavy atom. The summed E-state index contributed by atoms with van der Waals surface area (Å²) in [7, 11) is 1.89. The van der Waals surface area contributed by atoms with Gasteiger partial charge in [-0.25, -0.2) is 0 Å². The van der Waals surface area contributed by atoms with Crippen LogP contribution in [0, 0.1) is 11.3 Å². The van der Waals surface area contributed by atoms with E-state index in [0.29, 0.717) is 17.8 Å². The molecule has 0 aliphatic heterocycles. The van der Waals surface area contributed by atoms with Gasteiger partial charge in [0.05, 0.1) is 21.6 Å². The second kappa shape index (κ2) is 7.36. The molecule has 2 rings (SSSR count). The van der Waals surface area contributed by atoms with Crippen LogP contribution < -0.4 is 5.32 Å². The second-order valence-electron chi connectivity index (χ2n) is 4.64. The number of likely N-dealkylation sites (N-methyl/N-ethyl adjacent to an activating group) is 1. The molecule has 1 aromatic heterocycles. The molecule has 108 valence electrons. The fraction of sp³-hybridized carbons (Fsp3) is 0.200. The summed E-state index contributed by atoms with van der Waals surface area (Å²) in [6.45, 7) is 0.975. The van der Waals surface area contributed by atoms with Crippen molar-refractivity contribution in [3.63, 3.8) is 0 Å². The number of carbonyl (C=O) groups excluding carboxylic acids is 1. The molecule has 0 saturated heterocycles. The molecule has 1 N–H and O–H groups in total. The lowest BCUT2D eigenvalue weighted by molar-refractivity contribution is -0.117.